The topological polar surface area (TPSA) is 81.7 Å². The number of ether oxygens (including phenoxy) is 2. The van der Waals surface area contributed by atoms with Crippen molar-refractivity contribution in [3.8, 4) is 17.0 Å². The zero-order valence-electron chi connectivity index (χ0n) is 20.6. The number of imidazole rings is 1. The molecule has 1 N–H and O–H groups in total. The maximum Gasteiger partial charge on any atom is 0.256 e. The lowest BCUT2D eigenvalue weighted by Gasteiger charge is -2.42. The molecule has 0 aliphatic carbocycles. The van der Waals surface area contributed by atoms with E-state index in [-0.39, 0.29) is 5.95 Å². The molecule has 0 amide bonds. The van der Waals surface area contributed by atoms with Crippen LogP contribution in [0.1, 0.15) is 12.2 Å². The van der Waals surface area contributed by atoms with Crippen LogP contribution < -0.4 is 10.1 Å². The predicted molar refractivity (Wildman–Crippen MR) is 132 cm³/mol. The Morgan fingerprint density at radius 3 is 2.76 bits per heavy atom. The Kier molecular flexibility index (Phi) is 6.15. The normalized spacial score (nSPS) is 21.1. The molecule has 9 nitrogen and oxygen atoms in total. The van der Waals surface area contributed by atoms with E-state index in [9.17, 15) is 13.2 Å². The van der Waals surface area contributed by atoms with E-state index in [1.54, 1.807) is 17.6 Å². The average Bonchev–Trinajstić information content (AvgIpc) is 3.39. The van der Waals surface area contributed by atoms with Gasteiger partial charge in [0.2, 0.25) is 11.8 Å². The van der Waals surface area contributed by atoms with Crippen LogP contribution in [-0.2, 0) is 11.3 Å². The van der Waals surface area contributed by atoms with Gasteiger partial charge in [-0.25, -0.2) is 22.7 Å². The summed E-state index contributed by atoms with van der Waals surface area (Å²) in [5, 5.41) is 7.72. The van der Waals surface area contributed by atoms with Crippen molar-refractivity contribution in [2.45, 2.75) is 44.6 Å². The maximum absolute atomic E-state index is 15.0. The molecule has 3 aromatic heterocycles. The van der Waals surface area contributed by atoms with Crippen LogP contribution in [0, 0.1) is 6.92 Å². The minimum atomic E-state index is -2.49. The molecular formula is C25H28F3N7O2. The number of halogens is 3. The summed E-state index contributed by atoms with van der Waals surface area (Å²) in [6.07, 6.45) is -1.15. The molecule has 196 valence electrons. The standard InChI is InChI=1S/C25H28F3N7O2/c1-14-29-20-4-3-15(9-21(20)34(14)11-22(27)28)17-5-8-35-23(17)24(36-2)31-25(32-35)30-19-6-7-33(10-18(19)26)16-12-37-13-16/h3-5,8-9,16,18-19,22H,6-7,10-13H2,1-2H3,(H,30,32)/t18-,19-/m0/s1. The molecule has 12 heteroatoms. The summed E-state index contributed by atoms with van der Waals surface area (Å²) in [6, 6.07) is 7.31. The summed E-state index contributed by atoms with van der Waals surface area (Å²) >= 11 is 0. The minimum Gasteiger partial charge on any atom is -0.479 e. The van der Waals surface area contributed by atoms with E-state index in [1.165, 1.54) is 11.7 Å². The second-order valence-corrected chi connectivity index (χ2v) is 9.57. The molecule has 2 aliphatic rings. The fraction of sp³-hybridized carbons (Fsp3) is 0.480. The lowest BCUT2D eigenvalue weighted by Crippen LogP contribution is -2.57. The highest BCUT2D eigenvalue weighted by atomic mass is 19.3. The summed E-state index contributed by atoms with van der Waals surface area (Å²) in [5.41, 5.74) is 3.48. The second-order valence-electron chi connectivity index (χ2n) is 9.57. The van der Waals surface area contributed by atoms with Gasteiger partial charge in [0.15, 0.2) is 0 Å². The van der Waals surface area contributed by atoms with Gasteiger partial charge in [0, 0.05) is 24.8 Å². The van der Waals surface area contributed by atoms with E-state index in [2.05, 4.69) is 25.3 Å². The van der Waals surface area contributed by atoms with Crippen molar-refractivity contribution in [1.29, 1.82) is 0 Å². The number of aryl methyl sites for hydroxylation is 1. The van der Waals surface area contributed by atoms with Gasteiger partial charge in [-0.1, -0.05) is 6.07 Å². The number of hydrogen-bond acceptors (Lipinski definition) is 7. The van der Waals surface area contributed by atoms with Gasteiger partial charge in [0.25, 0.3) is 6.43 Å². The van der Waals surface area contributed by atoms with Crippen molar-refractivity contribution >= 4 is 22.5 Å². The number of likely N-dealkylation sites (tertiary alicyclic amines) is 1. The third-order valence-electron chi connectivity index (χ3n) is 7.27. The van der Waals surface area contributed by atoms with Crippen molar-refractivity contribution in [1.82, 2.24) is 29.0 Å². The molecule has 1 aromatic carbocycles. The zero-order valence-corrected chi connectivity index (χ0v) is 20.6. The number of benzene rings is 1. The monoisotopic (exact) mass is 515 g/mol. The fourth-order valence-corrected chi connectivity index (χ4v) is 5.23. The van der Waals surface area contributed by atoms with E-state index in [0.717, 1.165) is 17.7 Å². The van der Waals surface area contributed by atoms with Gasteiger partial charge in [0.05, 0.1) is 50.0 Å². The zero-order chi connectivity index (χ0) is 25.7. The quantitative estimate of drug-likeness (QED) is 0.403. The van der Waals surface area contributed by atoms with Gasteiger partial charge in [-0.05, 0) is 37.1 Å². The van der Waals surface area contributed by atoms with Crippen LogP contribution in [0.25, 0.3) is 27.7 Å². The smallest absolute Gasteiger partial charge is 0.256 e. The van der Waals surface area contributed by atoms with Crippen molar-refractivity contribution in [3.63, 3.8) is 0 Å². The molecule has 0 saturated carbocycles. The van der Waals surface area contributed by atoms with Crippen LogP contribution in [-0.4, -0.2) is 87.1 Å². The Morgan fingerprint density at radius 1 is 1.22 bits per heavy atom. The largest absolute Gasteiger partial charge is 0.479 e. The number of piperidine rings is 1. The van der Waals surface area contributed by atoms with E-state index in [4.69, 9.17) is 9.47 Å². The van der Waals surface area contributed by atoms with Gasteiger partial charge < -0.3 is 19.4 Å². The molecule has 6 rings (SSSR count). The van der Waals surface area contributed by atoms with Gasteiger partial charge in [-0.2, -0.15) is 4.98 Å². The molecule has 4 aromatic rings. The second kappa shape index (κ2) is 9.49. The molecule has 0 unspecified atom stereocenters. The summed E-state index contributed by atoms with van der Waals surface area (Å²) < 4.78 is 55.3. The number of fused-ring (bicyclic) bond motifs is 2. The van der Waals surface area contributed by atoms with Crippen LogP contribution in [0.4, 0.5) is 19.1 Å². The van der Waals surface area contributed by atoms with E-state index < -0.39 is 25.2 Å². The van der Waals surface area contributed by atoms with Crippen LogP contribution in [0.2, 0.25) is 0 Å². The highest BCUT2D eigenvalue weighted by Crippen LogP contribution is 2.34. The molecule has 2 saturated heterocycles. The molecule has 2 aliphatic heterocycles. The van der Waals surface area contributed by atoms with E-state index >= 15 is 0 Å². The van der Waals surface area contributed by atoms with Crippen LogP contribution in [0.5, 0.6) is 5.88 Å². The molecule has 0 radical (unpaired) electrons. The number of alkyl halides is 3. The number of methoxy groups -OCH3 is 1. The Morgan fingerprint density at radius 2 is 2.05 bits per heavy atom. The highest BCUT2D eigenvalue weighted by molar-refractivity contribution is 5.89. The number of nitrogens with zero attached hydrogens (tertiary/aromatic N) is 6. The average molecular weight is 516 g/mol. The van der Waals surface area contributed by atoms with Crippen LogP contribution in [0.15, 0.2) is 30.5 Å². The van der Waals surface area contributed by atoms with E-state index in [1.807, 2.05) is 24.3 Å². The Balaban J connectivity index is 1.30. The van der Waals surface area contributed by atoms with Gasteiger partial charge in [0.1, 0.15) is 17.5 Å². The first kappa shape index (κ1) is 24.0. The number of aromatic nitrogens is 5. The molecule has 37 heavy (non-hydrogen) atoms. The van der Waals surface area contributed by atoms with Crippen molar-refractivity contribution in [3.05, 3.63) is 36.3 Å². The van der Waals surface area contributed by atoms with Crippen molar-refractivity contribution in [2.24, 2.45) is 0 Å². The van der Waals surface area contributed by atoms with Gasteiger partial charge in [-0.3, -0.25) is 4.90 Å². The molecule has 5 heterocycles. The Labute approximate surface area is 211 Å². The Bertz CT molecular complexity index is 1430. The first-order valence-corrected chi connectivity index (χ1v) is 12.3. The third-order valence-corrected chi connectivity index (χ3v) is 7.27. The summed E-state index contributed by atoms with van der Waals surface area (Å²) in [4.78, 5) is 11.1. The maximum atomic E-state index is 15.0. The molecule has 0 bridgehead atoms. The first-order valence-electron chi connectivity index (χ1n) is 12.3. The summed E-state index contributed by atoms with van der Waals surface area (Å²) in [5.74, 6) is 1.14. The van der Waals surface area contributed by atoms with Crippen molar-refractivity contribution < 1.29 is 22.6 Å². The number of anilines is 1. The lowest BCUT2D eigenvalue weighted by atomic mass is 10.0. The minimum absolute atomic E-state index is 0.278. The molecular weight excluding hydrogens is 487 g/mol. The fourth-order valence-electron chi connectivity index (χ4n) is 5.23. The molecule has 0 spiro atoms. The Hall–Kier alpha value is -3.38. The van der Waals surface area contributed by atoms with Crippen molar-refractivity contribution in [2.75, 3.05) is 38.7 Å². The molecule has 2 atom stereocenters. The lowest BCUT2D eigenvalue weighted by molar-refractivity contribution is -0.0794. The number of rotatable bonds is 7. The first-order chi connectivity index (χ1) is 17.9. The summed E-state index contributed by atoms with van der Waals surface area (Å²) in [6.45, 7) is 3.76. The van der Waals surface area contributed by atoms with Crippen LogP contribution >= 0.6 is 0 Å². The van der Waals surface area contributed by atoms with Gasteiger partial charge in [-0.15, -0.1) is 5.10 Å². The predicted octanol–water partition coefficient (Wildman–Crippen LogP) is 3.55. The molecule has 2 fully saturated rings. The van der Waals surface area contributed by atoms with Crippen LogP contribution in [0.3, 0.4) is 0 Å². The summed E-state index contributed by atoms with van der Waals surface area (Å²) in [7, 11) is 1.52. The number of nitrogens with one attached hydrogen (secondary N) is 1. The SMILES string of the molecule is COc1nc(N[C@H]2CCN(C3COC3)C[C@@H]2F)nn2ccc(-c3ccc4nc(C)n(CC(F)F)c4c3)c12. The van der Waals surface area contributed by atoms with Gasteiger partial charge >= 0.3 is 0 Å². The van der Waals surface area contributed by atoms with E-state index in [0.29, 0.717) is 60.5 Å². The number of hydrogen-bond donors (Lipinski definition) is 1. The third kappa shape index (κ3) is 4.37. The highest BCUT2D eigenvalue weighted by Gasteiger charge is 2.35.